The van der Waals surface area contributed by atoms with Crippen molar-refractivity contribution < 1.29 is 19.0 Å². The number of guanidine groups is 1. The van der Waals surface area contributed by atoms with Gasteiger partial charge in [0.1, 0.15) is 0 Å². The molecule has 2 N–H and O–H groups in total. The third-order valence-corrected chi connectivity index (χ3v) is 5.00. The number of methoxy groups -OCH3 is 1. The van der Waals surface area contributed by atoms with Crippen molar-refractivity contribution in [2.75, 3.05) is 38.7 Å². The van der Waals surface area contributed by atoms with Gasteiger partial charge in [0.2, 0.25) is 0 Å². The van der Waals surface area contributed by atoms with Gasteiger partial charge in [-0.05, 0) is 23.6 Å². The lowest BCUT2D eigenvalue weighted by Crippen LogP contribution is -2.33. The fraction of sp³-hybridized carbons (Fsp3) is 0.400. The number of rotatable bonds is 7. The molecule has 0 fully saturated rings. The lowest BCUT2D eigenvalue weighted by molar-refractivity contribution is -0.140. The Kier molecular flexibility index (Phi) is 7.54. The number of hydrogen-bond donors (Lipinski definition) is 2. The van der Waals surface area contributed by atoms with Gasteiger partial charge in [0.05, 0.1) is 26.7 Å². The minimum atomic E-state index is -0.263. The highest BCUT2D eigenvalue weighted by Crippen LogP contribution is 2.32. The van der Waals surface area contributed by atoms with E-state index in [1.807, 2.05) is 24.3 Å². The lowest BCUT2D eigenvalue weighted by atomic mass is 10.2. The van der Waals surface area contributed by atoms with Crippen molar-refractivity contribution >= 4 is 29.0 Å². The maximum absolute atomic E-state index is 11.4. The molecule has 0 saturated heterocycles. The quantitative estimate of drug-likeness (QED) is 0.420. The number of hydrogen-bond acceptors (Lipinski definition) is 6. The Hall–Kier alpha value is -2.74. The van der Waals surface area contributed by atoms with Crippen LogP contribution in [-0.2, 0) is 16.0 Å². The number of fused-ring (bicyclic) bond motifs is 1. The molecule has 1 aliphatic heterocycles. The summed E-state index contributed by atoms with van der Waals surface area (Å²) in [5, 5.41) is 8.51. The Labute approximate surface area is 168 Å². The number of carbonyl (C=O) groups is 1. The summed E-state index contributed by atoms with van der Waals surface area (Å²) in [5.41, 5.74) is 0.838. The van der Waals surface area contributed by atoms with E-state index in [0.29, 0.717) is 32.3 Å². The van der Waals surface area contributed by atoms with E-state index < -0.39 is 0 Å². The summed E-state index contributed by atoms with van der Waals surface area (Å²) < 4.78 is 16.1. The van der Waals surface area contributed by atoms with Crippen molar-refractivity contribution in [3.05, 3.63) is 40.6 Å². The van der Waals surface area contributed by atoms with Gasteiger partial charge < -0.3 is 24.8 Å². The largest absolute Gasteiger partial charge is 0.490 e. The molecule has 0 unspecified atom stereocenters. The zero-order valence-corrected chi connectivity index (χ0v) is 16.7. The second kappa shape index (κ2) is 10.6. The second-order valence-corrected chi connectivity index (χ2v) is 7.18. The summed E-state index contributed by atoms with van der Waals surface area (Å²) in [6.07, 6.45) is 1.99. The van der Waals surface area contributed by atoms with E-state index in [4.69, 9.17) is 9.47 Å². The average molecular weight is 404 g/mol. The molecule has 3 rings (SSSR count). The van der Waals surface area contributed by atoms with Crippen LogP contribution in [0, 0.1) is 0 Å². The summed E-state index contributed by atoms with van der Waals surface area (Å²) in [4.78, 5) is 17.3. The predicted molar refractivity (Wildman–Crippen MR) is 111 cm³/mol. The van der Waals surface area contributed by atoms with Crippen LogP contribution in [0.2, 0.25) is 0 Å². The van der Waals surface area contributed by atoms with Crippen LogP contribution in [0.5, 0.6) is 11.5 Å². The first-order chi connectivity index (χ1) is 13.7. The van der Waals surface area contributed by atoms with Crippen LogP contribution in [0.1, 0.15) is 17.7 Å². The van der Waals surface area contributed by atoms with E-state index in [1.165, 1.54) is 12.0 Å². The highest BCUT2D eigenvalue weighted by Gasteiger charge is 2.11. The van der Waals surface area contributed by atoms with Crippen molar-refractivity contribution in [1.82, 2.24) is 5.32 Å². The molecule has 1 aromatic heterocycles. The molecule has 28 heavy (non-hydrogen) atoms. The first kappa shape index (κ1) is 20.0. The monoisotopic (exact) mass is 403 g/mol. The number of aliphatic imine (C=N–C) groups is 1. The van der Waals surface area contributed by atoms with Crippen LogP contribution in [-0.4, -0.2) is 45.3 Å². The maximum atomic E-state index is 11.4. The maximum Gasteiger partial charge on any atom is 0.307 e. The molecule has 0 bridgehead atoms. The van der Waals surface area contributed by atoms with E-state index in [2.05, 4.69) is 31.8 Å². The standard InChI is InChI=1S/C20H25N3O4S/c1-25-19(24)8-10-22-20(21-9-7-16-4-2-13-28-16)23-15-5-6-17-18(14-15)27-12-3-11-26-17/h2,4-6,13-14H,3,7-12H2,1H3,(H2,21,22,23). The smallest absolute Gasteiger partial charge is 0.307 e. The molecule has 7 nitrogen and oxygen atoms in total. The van der Waals surface area contributed by atoms with Crippen LogP contribution in [0.3, 0.4) is 0 Å². The highest BCUT2D eigenvalue weighted by molar-refractivity contribution is 7.09. The lowest BCUT2D eigenvalue weighted by Gasteiger charge is -2.14. The molecule has 8 heteroatoms. The van der Waals surface area contributed by atoms with Gasteiger partial charge in [0, 0.05) is 42.6 Å². The second-order valence-electron chi connectivity index (χ2n) is 6.15. The van der Waals surface area contributed by atoms with E-state index >= 15 is 0 Å². The SMILES string of the molecule is COC(=O)CCNC(=NCCc1cccs1)Nc1ccc2c(c1)OCCCO2. The number of benzene rings is 1. The van der Waals surface area contributed by atoms with Crippen LogP contribution in [0.4, 0.5) is 5.69 Å². The number of ether oxygens (including phenoxy) is 3. The highest BCUT2D eigenvalue weighted by atomic mass is 32.1. The molecule has 0 aliphatic carbocycles. The summed E-state index contributed by atoms with van der Waals surface area (Å²) in [6.45, 7) is 2.36. The van der Waals surface area contributed by atoms with Crippen molar-refractivity contribution in [2.45, 2.75) is 19.3 Å². The van der Waals surface area contributed by atoms with E-state index in [-0.39, 0.29) is 12.4 Å². The Morgan fingerprint density at radius 1 is 1.25 bits per heavy atom. The van der Waals surface area contributed by atoms with Crippen LogP contribution >= 0.6 is 11.3 Å². The number of nitrogens with one attached hydrogen (secondary N) is 2. The van der Waals surface area contributed by atoms with Gasteiger partial charge in [0.25, 0.3) is 0 Å². The first-order valence-electron chi connectivity index (χ1n) is 9.29. The molecule has 1 aliphatic rings. The molecule has 2 aromatic rings. The third kappa shape index (κ3) is 6.16. The fourth-order valence-corrected chi connectivity index (χ4v) is 3.33. The van der Waals surface area contributed by atoms with Gasteiger partial charge in [-0.1, -0.05) is 6.07 Å². The van der Waals surface area contributed by atoms with Crippen LogP contribution in [0.25, 0.3) is 0 Å². The summed E-state index contributed by atoms with van der Waals surface area (Å²) in [7, 11) is 1.38. The summed E-state index contributed by atoms with van der Waals surface area (Å²) in [6, 6.07) is 9.85. The fourth-order valence-electron chi connectivity index (χ4n) is 2.64. The zero-order chi connectivity index (χ0) is 19.6. The Morgan fingerprint density at radius 3 is 2.89 bits per heavy atom. The minimum Gasteiger partial charge on any atom is -0.490 e. The molecule has 0 saturated carbocycles. The van der Waals surface area contributed by atoms with E-state index in [9.17, 15) is 4.79 Å². The molecule has 150 valence electrons. The van der Waals surface area contributed by atoms with Crippen molar-refractivity contribution in [2.24, 2.45) is 4.99 Å². The van der Waals surface area contributed by atoms with Gasteiger partial charge >= 0.3 is 5.97 Å². The predicted octanol–water partition coefficient (Wildman–Crippen LogP) is 3.07. The molecule has 0 radical (unpaired) electrons. The average Bonchev–Trinajstić information content (AvgIpc) is 3.11. The topological polar surface area (TPSA) is 81.2 Å². The Bertz CT molecular complexity index is 793. The number of carbonyl (C=O) groups excluding carboxylic acids is 1. The molecule has 0 amide bonds. The molecule has 2 heterocycles. The van der Waals surface area contributed by atoms with Gasteiger partial charge in [-0.15, -0.1) is 11.3 Å². The molecular formula is C20H25N3O4S. The van der Waals surface area contributed by atoms with Crippen molar-refractivity contribution in [3.8, 4) is 11.5 Å². The van der Waals surface area contributed by atoms with Crippen LogP contribution < -0.4 is 20.1 Å². The molecule has 1 aromatic carbocycles. The van der Waals surface area contributed by atoms with Gasteiger partial charge in [0.15, 0.2) is 17.5 Å². The summed E-state index contributed by atoms with van der Waals surface area (Å²) in [5.74, 6) is 1.81. The van der Waals surface area contributed by atoms with Crippen molar-refractivity contribution in [3.63, 3.8) is 0 Å². The Balaban J connectivity index is 1.64. The number of esters is 1. The van der Waals surface area contributed by atoms with Gasteiger partial charge in [-0.25, -0.2) is 0 Å². The van der Waals surface area contributed by atoms with Crippen molar-refractivity contribution in [1.29, 1.82) is 0 Å². The van der Waals surface area contributed by atoms with Gasteiger partial charge in [-0.2, -0.15) is 0 Å². The minimum absolute atomic E-state index is 0.263. The number of anilines is 1. The van der Waals surface area contributed by atoms with Crippen LogP contribution in [0.15, 0.2) is 40.7 Å². The number of nitrogens with zero attached hydrogens (tertiary/aromatic N) is 1. The molecule has 0 atom stereocenters. The Morgan fingerprint density at radius 2 is 2.11 bits per heavy atom. The van der Waals surface area contributed by atoms with Gasteiger partial charge in [-0.3, -0.25) is 9.79 Å². The molecule has 0 spiro atoms. The normalized spacial score (nSPS) is 13.5. The van der Waals surface area contributed by atoms with E-state index in [1.54, 1.807) is 11.3 Å². The molecular weight excluding hydrogens is 378 g/mol. The zero-order valence-electron chi connectivity index (χ0n) is 15.9. The first-order valence-corrected chi connectivity index (χ1v) is 10.2. The van der Waals surface area contributed by atoms with E-state index in [0.717, 1.165) is 30.0 Å². The number of thiophene rings is 1. The third-order valence-electron chi connectivity index (χ3n) is 4.07. The summed E-state index contributed by atoms with van der Waals surface area (Å²) >= 11 is 1.72.